The van der Waals surface area contributed by atoms with Crippen LogP contribution in [0, 0.1) is 11.8 Å². The summed E-state index contributed by atoms with van der Waals surface area (Å²) in [4.78, 5) is 28.7. The number of hydrogen-bond acceptors (Lipinski definition) is 3. The molecule has 2 N–H and O–H groups in total. The molecule has 0 aromatic carbocycles. The van der Waals surface area contributed by atoms with E-state index in [0.717, 1.165) is 31.6 Å². The number of carbonyl (C=O) groups excluding carboxylic acids is 2. The van der Waals surface area contributed by atoms with Crippen LogP contribution in [0.5, 0.6) is 0 Å². The van der Waals surface area contributed by atoms with Gasteiger partial charge in [0.1, 0.15) is 0 Å². The van der Waals surface area contributed by atoms with Crippen molar-refractivity contribution < 1.29 is 9.59 Å². The summed E-state index contributed by atoms with van der Waals surface area (Å²) in [6.07, 6.45) is 10.9. The molecule has 3 aliphatic rings. The Labute approximate surface area is 145 Å². The minimum absolute atomic E-state index is 0.201. The lowest BCUT2D eigenvalue weighted by atomic mass is 9.99. The van der Waals surface area contributed by atoms with Crippen LogP contribution in [0.25, 0.3) is 0 Å². The molecule has 1 heterocycles. The highest BCUT2D eigenvalue weighted by molar-refractivity contribution is 5.78. The normalized spacial score (nSPS) is 28.5. The van der Waals surface area contributed by atoms with Gasteiger partial charge in [0.25, 0.3) is 0 Å². The Bertz CT molecular complexity index is 440. The summed E-state index contributed by atoms with van der Waals surface area (Å²) in [5.74, 6) is 1.65. The molecule has 136 valence electrons. The fourth-order valence-corrected chi connectivity index (χ4v) is 4.66. The van der Waals surface area contributed by atoms with Crippen molar-refractivity contribution in [2.24, 2.45) is 17.6 Å². The maximum Gasteiger partial charge on any atom is 0.223 e. The van der Waals surface area contributed by atoms with Crippen LogP contribution in [-0.4, -0.2) is 53.8 Å². The Hall–Kier alpha value is -1.10. The van der Waals surface area contributed by atoms with Crippen molar-refractivity contribution in [2.75, 3.05) is 26.2 Å². The number of nitrogens with two attached hydrogens (primary N) is 1. The topological polar surface area (TPSA) is 66.6 Å². The molecule has 2 aliphatic carbocycles. The summed E-state index contributed by atoms with van der Waals surface area (Å²) < 4.78 is 0. The number of carbonyl (C=O) groups is 2. The average molecular weight is 335 g/mol. The van der Waals surface area contributed by atoms with E-state index in [1.807, 2.05) is 9.80 Å². The second-order valence-electron chi connectivity index (χ2n) is 8.01. The van der Waals surface area contributed by atoms with E-state index in [0.29, 0.717) is 44.9 Å². The first-order valence-corrected chi connectivity index (χ1v) is 9.94. The first-order chi connectivity index (χ1) is 11.6. The number of rotatable bonds is 5. The number of nitrogens with zero attached hydrogens (tertiary/aromatic N) is 2. The molecule has 1 aliphatic heterocycles. The molecule has 2 amide bonds. The van der Waals surface area contributed by atoms with Gasteiger partial charge >= 0.3 is 0 Å². The summed E-state index contributed by atoms with van der Waals surface area (Å²) in [5.41, 5.74) is 6.08. The van der Waals surface area contributed by atoms with Crippen molar-refractivity contribution in [3.8, 4) is 0 Å². The van der Waals surface area contributed by atoms with E-state index in [4.69, 9.17) is 5.73 Å². The fraction of sp³-hybridized carbons (Fsp3) is 0.895. The van der Waals surface area contributed by atoms with Crippen LogP contribution in [0.3, 0.4) is 0 Å². The van der Waals surface area contributed by atoms with Gasteiger partial charge in [-0.15, -0.1) is 0 Å². The monoisotopic (exact) mass is 335 g/mol. The molecule has 2 atom stereocenters. The molecular formula is C19H33N3O2. The van der Waals surface area contributed by atoms with Crippen molar-refractivity contribution in [3.05, 3.63) is 0 Å². The molecule has 1 saturated heterocycles. The molecule has 0 aromatic rings. The Balaban J connectivity index is 1.36. The minimum Gasteiger partial charge on any atom is -0.339 e. The summed E-state index contributed by atoms with van der Waals surface area (Å²) in [6, 6.07) is 0.201. The summed E-state index contributed by atoms with van der Waals surface area (Å²) in [7, 11) is 0. The number of piperazine rings is 1. The number of amides is 2. The van der Waals surface area contributed by atoms with Gasteiger partial charge in [0.2, 0.25) is 11.8 Å². The predicted octanol–water partition coefficient (Wildman–Crippen LogP) is 2.15. The van der Waals surface area contributed by atoms with Crippen LogP contribution in [0.2, 0.25) is 0 Å². The van der Waals surface area contributed by atoms with Crippen LogP contribution in [0.1, 0.15) is 64.2 Å². The molecule has 0 radical (unpaired) electrons. The predicted molar refractivity (Wildman–Crippen MR) is 94.3 cm³/mol. The highest BCUT2D eigenvalue weighted by Crippen LogP contribution is 2.29. The van der Waals surface area contributed by atoms with Gasteiger partial charge in [-0.25, -0.2) is 0 Å². The van der Waals surface area contributed by atoms with Crippen molar-refractivity contribution in [1.82, 2.24) is 9.80 Å². The van der Waals surface area contributed by atoms with Crippen LogP contribution in [-0.2, 0) is 9.59 Å². The lowest BCUT2D eigenvalue weighted by Gasteiger charge is -2.35. The molecule has 0 spiro atoms. The SMILES string of the molecule is N[C@@H]1CCC[C@H]1CC(=O)N1CCN(C(=O)CCC2CCCC2)CC1. The van der Waals surface area contributed by atoms with Crippen LogP contribution in [0.15, 0.2) is 0 Å². The second-order valence-corrected chi connectivity index (χ2v) is 8.01. The lowest BCUT2D eigenvalue weighted by molar-refractivity contribution is -0.140. The standard InChI is InChI=1S/C19H33N3O2/c20-17-7-3-6-16(17)14-19(24)22-12-10-21(11-13-22)18(23)9-8-15-4-1-2-5-15/h15-17H,1-14,20H2/t16-,17+/m0/s1. The molecule has 5 heteroatoms. The maximum absolute atomic E-state index is 12.4. The molecule has 3 rings (SSSR count). The van der Waals surface area contributed by atoms with Crippen LogP contribution in [0.4, 0.5) is 0 Å². The van der Waals surface area contributed by atoms with E-state index >= 15 is 0 Å². The first kappa shape index (κ1) is 17.7. The highest BCUT2D eigenvalue weighted by atomic mass is 16.2. The number of hydrogen-bond donors (Lipinski definition) is 1. The lowest BCUT2D eigenvalue weighted by Crippen LogP contribution is -2.51. The summed E-state index contributed by atoms with van der Waals surface area (Å²) in [6.45, 7) is 2.78. The van der Waals surface area contributed by atoms with Crippen molar-refractivity contribution in [1.29, 1.82) is 0 Å². The zero-order chi connectivity index (χ0) is 16.9. The average Bonchev–Trinajstić information content (AvgIpc) is 3.25. The van der Waals surface area contributed by atoms with E-state index in [9.17, 15) is 9.59 Å². The van der Waals surface area contributed by atoms with E-state index < -0.39 is 0 Å². The van der Waals surface area contributed by atoms with E-state index in [-0.39, 0.29) is 17.9 Å². The van der Waals surface area contributed by atoms with E-state index in [2.05, 4.69) is 0 Å². The van der Waals surface area contributed by atoms with E-state index in [1.54, 1.807) is 0 Å². The fourth-order valence-electron chi connectivity index (χ4n) is 4.66. The minimum atomic E-state index is 0.201. The van der Waals surface area contributed by atoms with Gasteiger partial charge in [-0.3, -0.25) is 9.59 Å². The molecule has 5 nitrogen and oxygen atoms in total. The zero-order valence-corrected chi connectivity index (χ0v) is 14.9. The Morgan fingerprint density at radius 1 is 0.833 bits per heavy atom. The molecule has 0 bridgehead atoms. The Morgan fingerprint density at radius 3 is 2.04 bits per heavy atom. The van der Waals surface area contributed by atoms with Gasteiger partial charge in [0.15, 0.2) is 0 Å². The van der Waals surface area contributed by atoms with Crippen molar-refractivity contribution in [2.45, 2.75) is 70.3 Å². The van der Waals surface area contributed by atoms with Crippen LogP contribution >= 0.6 is 0 Å². The van der Waals surface area contributed by atoms with Gasteiger partial charge in [-0.05, 0) is 31.1 Å². The molecule has 2 saturated carbocycles. The van der Waals surface area contributed by atoms with E-state index in [1.165, 1.54) is 25.7 Å². The summed E-state index contributed by atoms with van der Waals surface area (Å²) >= 11 is 0. The summed E-state index contributed by atoms with van der Waals surface area (Å²) in [5, 5.41) is 0. The highest BCUT2D eigenvalue weighted by Gasteiger charge is 2.30. The third-order valence-electron chi connectivity index (χ3n) is 6.38. The van der Waals surface area contributed by atoms with Gasteiger partial charge in [0, 0.05) is 45.1 Å². The quantitative estimate of drug-likeness (QED) is 0.837. The molecular weight excluding hydrogens is 302 g/mol. The maximum atomic E-state index is 12.4. The molecule has 24 heavy (non-hydrogen) atoms. The third kappa shape index (κ3) is 4.50. The third-order valence-corrected chi connectivity index (χ3v) is 6.38. The Morgan fingerprint density at radius 2 is 1.46 bits per heavy atom. The van der Waals surface area contributed by atoms with Crippen molar-refractivity contribution in [3.63, 3.8) is 0 Å². The smallest absolute Gasteiger partial charge is 0.223 e. The molecule has 3 fully saturated rings. The van der Waals surface area contributed by atoms with Gasteiger partial charge in [0.05, 0.1) is 0 Å². The van der Waals surface area contributed by atoms with Crippen LogP contribution < -0.4 is 5.73 Å². The molecule has 0 aromatic heterocycles. The van der Waals surface area contributed by atoms with Crippen molar-refractivity contribution >= 4 is 11.8 Å². The Kier molecular flexibility index (Phi) is 6.14. The largest absolute Gasteiger partial charge is 0.339 e. The van der Waals surface area contributed by atoms with Gasteiger partial charge in [-0.2, -0.15) is 0 Å². The first-order valence-electron chi connectivity index (χ1n) is 9.94. The van der Waals surface area contributed by atoms with Gasteiger partial charge < -0.3 is 15.5 Å². The second kappa shape index (κ2) is 8.32. The molecule has 0 unspecified atom stereocenters. The zero-order valence-electron chi connectivity index (χ0n) is 14.9. The van der Waals surface area contributed by atoms with Gasteiger partial charge in [-0.1, -0.05) is 32.1 Å².